The summed E-state index contributed by atoms with van der Waals surface area (Å²) in [5, 5.41) is 13.3. The average molecular weight is 470 g/mol. The van der Waals surface area contributed by atoms with Crippen molar-refractivity contribution in [2.75, 3.05) is 37.2 Å². The van der Waals surface area contributed by atoms with Crippen LogP contribution in [0.1, 0.15) is 10.4 Å². The van der Waals surface area contributed by atoms with E-state index in [0.29, 0.717) is 52.0 Å². The van der Waals surface area contributed by atoms with Gasteiger partial charge in [-0.05, 0) is 29.8 Å². The lowest BCUT2D eigenvalue weighted by molar-refractivity contribution is 0.140. The first-order valence-electron chi connectivity index (χ1n) is 9.74. The Morgan fingerprint density at radius 1 is 1.25 bits per heavy atom. The Hall–Kier alpha value is -3.46. The number of primary amides is 1. The van der Waals surface area contributed by atoms with Crippen LogP contribution in [-0.4, -0.2) is 57.0 Å². The first-order chi connectivity index (χ1) is 15.4. The molecule has 1 aliphatic heterocycles. The number of aromatic nitrogens is 3. The van der Waals surface area contributed by atoms with Gasteiger partial charge in [-0.3, -0.25) is 4.90 Å². The van der Waals surface area contributed by atoms with E-state index in [9.17, 15) is 10.1 Å². The van der Waals surface area contributed by atoms with Crippen molar-refractivity contribution in [3.63, 3.8) is 0 Å². The maximum Gasteiger partial charge on any atom is 0.314 e. The normalized spacial score (nSPS) is 14.2. The molecule has 0 spiro atoms. The lowest BCUT2D eigenvalue weighted by Gasteiger charge is -2.33. The van der Waals surface area contributed by atoms with Crippen molar-refractivity contribution in [3.8, 4) is 17.5 Å². The van der Waals surface area contributed by atoms with Crippen molar-refractivity contribution in [2.24, 2.45) is 5.73 Å². The average Bonchev–Trinajstić information content (AvgIpc) is 3.15. The van der Waals surface area contributed by atoms with Gasteiger partial charge < -0.3 is 21.7 Å². The number of halogens is 1. The van der Waals surface area contributed by atoms with Crippen molar-refractivity contribution < 1.29 is 4.79 Å². The number of carbonyl (C=O) groups is 1. The van der Waals surface area contributed by atoms with Gasteiger partial charge in [-0.25, -0.2) is 19.7 Å². The SMILES string of the molecule is N#Cc1sc(N)nc1-c1ccnc(Nc2cc(Cl)cc(CN3CCN(C(N)=O)CC3)c2)n1. The number of nitrogens with two attached hydrogens (primary N) is 2. The molecule has 5 N–H and O–H groups in total. The zero-order chi connectivity index (χ0) is 22.7. The number of urea groups is 1. The lowest BCUT2D eigenvalue weighted by atomic mass is 10.1. The Bertz CT molecular complexity index is 1180. The van der Waals surface area contributed by atoms with Crippen molar-refractivity contribution in [3.05, 3.63) is 45.9 Å². The van der Waals surface area contributed by atoms with Crippen molar-refractivity contribution in [1.29, 1.82) is 5.26 Å². The molecule has 12 heteroatoms. The topological polar surface area (TPSA) is 150 Å². The van der Waals surface area contributed by atoms with Gasteiger partial charge in [0.25, 0.3) is 0 Å². The maximum atomic E-state index is 11.3. The summed E-state index contributed by atoms with van der Waals surface area (Å²) < 4.78 is 0. The molecular weight excluding hydrogens is 450 g/mol. The number of benzene rings is 1. The first kappa shape index (κ1) is 21.8. The van der Waals surface area contributed by atoms with Crippen molar-refractivity contribution in [2.45, 2.75) is 6.54 Å². The number of carbonyl (C=O) groups excluding carboxylic acids is 1. The molecule has 1 saturated heterocycles. The van der Waals surface area contributed by atoms with Gasteiger partial charge in [0, 0.05) is 49.6 Å². The van der Waals surface area contributed by atoms with E-state index >= 15 is 0 Å². The molecule has 0 unspecified atom stereocenters. The van der Waals surface area contributed by atoms with Gasteiger partial charge in [-0.15, -0.1) is 0 Å². The highest BCUT2D eigenvalue weighted by atomic mass is 35.5. The summed E-state index contributed by atoms with van der Waals surface area (Å²) in [6.07, 6.45) is 1.59. The Morgan fingerprint density at radius 2 is 2.03 bits per heavy atom. The minimum atomic E-state index is -0.386. The predicted molar refractivity (Wildman–Crippen MR) is 123 cm³/mol. The summed E-state index contributed by atoms with van der Waals surface area (Å²) in [7, 11) is 0. The molecule has 10 nitrogen and oxygen atoms in total. The summed E-state index contributed by atoms with van der Waals surface area (Å²) in [6.45, 7) is 3.37. The Morgan fingerprint density at radius 3 is 2.75 bits per heavy atom. The monoisotopic (exact) mass is 469 g/mol. The van der Waals surface area contributed by atoms with E-state index in [0.717, 1.165) is 35.7 Å². The molecule has 2 amide bonds. The summed E-state index contributed by atoms with van der Waals surface area (Å²) in [5.74, 6) is 0.348. The van der Waals surface area contributed by atoms with Gasteiger partial charge in [-0.2, -0.15) is 5.26 Å². The number of hydrogen-bond donors (Lipinski definition) is 3. The van der Waals surface area contributed by atoms with Crippen LogP contribution in [0.15, 0.2) is 30.5 Å². The molecule has 3 heterocycles. The maximum absolute atomic E-state index is 11.3. The molecular formula is C20H20ClN9OS. The Kier molecular flexibility index (Phi) is 6.36. The molecule has 0 aliphatic carbocycles. The second-order valence-corrected chi connectivity index (χ2v) is 8.65. The summed E-state index contributed by atoms with van der Waals surface area (Å²) in [5.41, 5.74) is 13.8. The number of rotatable bonds is 5. The molecule has 2 aromatic heterocycles. The van der Waals surface area contributed by atoms with E-state index in [1.54, 1.807) is 23.2 Å². The Labute approximate surface area is 193 Å². The van der Waals surface area contributed by atoms with E-state index in [2.05, 4.69) is 31.2 Å². The van der Waals surface area contributed by atoms with E-state index in [4.69, 9.17) is 23.1 Å². The minimum Gasteiger partial charge on any atom is -0.375 e. The molecule has 0 radical (unpaired) electrons. The Balaban J connectivity index is 1.49. The van der Waals surface area contributed by atoms with Crippen LogP contribution in [0.5, 0.6) is 0 Å². The van der Waals surface area contributed by atoms with Crippen molar-refractivity contribution >= 4 is 45.7 Å². The fourth-order valence-electron chi connectivity index (χ4n) is 3.46. The van der Waals surface area contributed by atoms with Gasteiger partial charge in [0.05, 0.1) is 5.69 Å². The molecule has 0 atom stereocenters. The third-order valence-corrected chi connectivity index (χ3v) is 5.95. The molecule has 3 aromatic rings. The number of amides is 2. The largest absolute Gasteiger partial charge is 0.375 e. The molecule has 1 aliphatic rings. The summed E-state index contributed by atoms with van der Waals surface area (Å²) in [6, 6.07) is 9.05. The van der Waals surface area contributed by atoms with Crippen LogP contribution >= 0.6 is 22.9 Å². The first-order valence-corrected chi connectivity index (χ1v) is 10.9. The molecule has 4 rings (SSSR count). The predicted octanol–water partition coefficient (Wildman–Crippen LogP) is 2.65. The minimum absolute atomic E-state index is 0.306. The zero-order valence-electron chi connectivity index (χ0n) is 17.0. The number of anilines is 3. The van der Waals surface area contributed by atoms with Gasteiger partial charge in [0.15, 0.2) is 5.13 Å². The third-order valence-electron chi connectivity index (χ3n) is 4.95. The van der Waals surface area contributed by atoms with Crippen LogP contribution in [0.25, 0.3) is 11.4 Å². The molecule has 164 valence electrons. The second kappa shape index (κ2) is 9.35. The number of nitriles is 1. The third kappa shape index (κ3) is 5.05. The fourth-order valence-corrected chi connectivity index (χ4v) is 4.36. The van der Waals surface area contributed by atoms with Crippen LogP contribution < -0.4 is 16.8 Å². The van der Waals surface area contributed by atoms with Crippen LogP contribution in [0.4, 0.5) is 21.6 Å². The van der Waals surface area contributed by atoms with Crippen LogP contribution in [0, 0.1) is 11.3 Å². The highest BCUT2D eigenvalue weighted by Crippen LogP contribution is 2.29. The summed E-state index contributed by atoms with van der Waals surface area (Å²) in [4.78, 5) is 28.5. The van der Waals surface area contributed by atoms with E-state index < -0.39 is 0 Å². The lowest BCUT2D eigenvalue weighted by Crippen LogP contribution is -2.50. The number of hydrogen-bond acceptors (Lipinski definition) is 9. The second-order valence-electron chi connectivity index (χ2n) is 7.18. The van der Waals surface area contributed by atoms with Crippen LogP contribution in [-0.2, 0) is 6.54 Å². The van der Waals surface area contributed by atoms with Crippen LogP contribution in [0.3, 0.4) is 0 Å². The van der Waals surface area contributed by atoms with E-state index in [1.807, 2.05) is 12.1 Å². The molecule has 32 heavy (non-hydrogen) atoms. The van der Waals surface area contributed by atoms with Gasteiger partial charge in [-0.1, -0.05) is 22.9 Å². The van der Waals surface area contributed by atoms with Crippen LogP contribution in [0.2, 0.25) is 5.02 Å². The van der Waals surface area contributed by atoms with Gasteiger partial charge in [0.2, 0.25) is 5.95 Å². The highest BCUT2D eigenvalue weighted by molar-refractivity contribution is 7.16. The molecule has 1 aromatic carbocycles. The van der Waals surface area contributed by atoms with E-state index in [1.165, 1.54) is 0 Å². The number of thiazole rings is 1. The van der Waals surface area contributed by atoms with E-state index in [-0.39, 0.29) is 6.03 Å². The quantitative estimate of drug-likeness (QED) is 0.516. The molecule has 0 bridgehead atoms. The summed E-state index contributed by atoms with van der Waals surface area (Å²) >= 11 is 7.46. The zero-order valence-corrected chi connectivity index (χ0v) is 18.5. The molecule has 1 fully saturated rings. The smallest absolute Gasteiger partial charge is 0.314 e. The standard InChI is InChI=1S/C20H20ClN9OS/c21-13-7-12(11-29-3-5-30(6-4-29)19(24)31)8-14(9-13)26-20-25-2-1-15(27-20)17-16(10-22)32-18(23)28-17/h1-2,7-9H,3-6,11H2,(H2,23,28)(H2,24,31)(H,25,26,27). The molecule has 0 saturated carbocycles. The van der Waals surface area contributed by atoms with Gasteiger partial charge in [0.1, 0.15) is 16.6 Å². The van der Waals surface area contributed by atoms with Gasteiger partial charge >= 0.3 is 6.03 Å². The number of piperazine rings is 1. The number of nitrogens with zero attached hydrogens (tertiary/aromatic N) is 6. The highest BCUT2D eigenvalue weighted by Gasteiger charge is 2.19. The fraction of sp³-hybridized carbons (Fsp3) is 0.250. The number of nitrogen functional groups attached to an aromatic ring is 1. The number of nitrogens with one attached hydrogen (secondary N) is 1. The van der Waals surface area contributed by atoms with Crippen molar-refractivity contribution in [1.82, 2.24) is 24.8 Å².